The first-order valence-corrected chi connectivity index (χ1v) is 49.1. The largest absolute Gasteiger partial charge is 0.459 e. The molecular weight excluding hydrogens is 1800 g/mol. The summed E-state index contributed by atoms with van der Waals surface area (Å²) in [6.07, 6.45) is 16.9. The van der Waals surface area contributed by atoms with Crippen molar-refractivity contribution < 1.29 is 100 Å². The lowest BCUT2D eigenvalue weighted by Gasteiger charge is -2.43. The number of ketones is 2. The Morgan fingerprint density at radius 3 is 2.12 bits per heavy atom. The number of nitrogens with two attached hydrogens (primary N) is 3. The molecule has 7 aliphatic rings. The number of piperidine rings is 1. The third-order valence-corrected chi connectivity index (χ3v) is 28.1. The second kappa shape index (κ2) is 49.5. The number of hydrogen-bond acceptors (Lipinski definition) is 34. The van der Waals surface area contributed by atoms with Crippen molar-refractivity contribution in [2.45, 2.75) is 224 Å². The van der Waals surface area contributed by atoms with Crippen LogP contribution in [-0.2, 0) is 109 Å². The molecule has 11 heterocycles. The van der Waals surface area contributed by atoms with Gasteiger partial charge in [-0.15, -0.1) is 0 Å². The van der Waals surface area contributed by atoms with Gasteiger partial charge in [0.25, 0.3) is 23.6 Å². The number of amides is 4. The van der Waals surface area contributed by atoms with Crippen molar-refractivity contribution in [3.05, 3.63) is 142 Å². The zero-order valence-corrected chi connectivity index (χ0v) is 82.1. The van der Waals surface area contributed by atoms with Gasteiger partial charge in [-0.25, -0.2) is 44.2 Å². The van der Waals surface area contributed by atoms with E-state index in [1.165, 1.54) is 43.4 Å². The predicted molar refractivity (Wildman–Crippen MR) is 519 cm³/mol. The van der Waals surface area contributed by atoms with Crippen molar-refractivity contribution in [1.29, 1.82) is 0 Å². The van der Waals surface area contributed by atoms with E-state index in [-0.39, 0.29) is 94.0 Å². The molecule has 4 amide bonds. The van der Waals surface area contributed by atoms with Gasteiger partial charge < -0.3 is 114 Å². The minimum Gasteiger partial charge on any atom is -0.459 e. The zero-order chi connectivity index (χ0) is 99.3. The fraction of sp³-hybridized carbons (Fsp3) is 0.594. The number of fused-ring (bicyclic) bond motifs is 7. The Labute approximate surface area is 816 Å². The molecule has 1 saturated carbocycles. The lowest BCUT2D eigenvalue weighted by molar-refractivity contribution is -0.265. The molecular formula is C101H138N18O21. The van der Waals surface area contributed by atoms with Crippen LogP contribution in [0.2, 0.25) is 0 Å². The quantitative estimate of drug-likeness (QED) is 0.0111. The van der Waals surface area contributed by atoms with E-state index in [0.29, 0.717) is 213 Å². The number of hydrogen-bond donors (Lipinski definition) is 6. The number of aliphatic hydroxyl groups excluding tert-OH is 1. The van der Waals surface area contributed by atoms with Crippen LogP contribution in [0, 0.1) is 29.6 Å². The minimum atomic E-state index is -2.49. The molecule has 758 valence electrons. The van der Waals surface area contributed by atoms with Crippen LogP contribution in [0.25, 0.3) is 33.4 Å². The number of oxazole rings is 1. The number of benzene rings is 2. The van der Waals surface area contributed by atoms with E-state index >= 15 is 0 Å². The summed E-state index contributed by atoms with van der Waals surface area (Å²) in [5.41, 5.74) is 29.3. The number of Topliss-reactive ketones (excluding diaryl/α,β-unsaturated/α-hetero) is 2. The highest BCUT2D eigenvalue weighted by Crippen LogP contribution is 2.40. The van der Waals surface area contributed by atoms with E-state index < -0.39 is 108 Å². The highest BCUT2D eigenvalue weighted by molar-refractivity contribution is 6.39. The summed E-state index contributed by atoms with van der Waals surface area (Å²) in [4.78, 5) is 140. The van der Waals surface area contributed by atoms with Crippen LogP contribution in [0.5, 0.6) is 0 Å². The van der Waals surface area contributed by atoms with Gasteiger partial charge in [-0.05, 0) is 142 Å². The first kappa shape index (κ1) is 105. The molecule has 1 aliphatic carbocycles. The number of carbonyl (C=O) groups excluding carboxylic acids is 7. The molecule has 0 unspecified atom stereocenters. The molecule has 7 aromatic rings. The number of cyclic esters (lactones) is 1. The van der Waals surface area contributed by atoms with Gasteiger partial charge in [0.05, 0.1) is 113 Å². The Balaban J connectivity index is 0.480. The van der Waals surface area contributed by atoms with Gasteiger partial charge >= 0.3 is 12.1 Å². The Kier molecular flexibility index (Phi) is 37.0. The first-order valence-electron chi connectivity index (χ1n) is 49.1. The minimum absolute atomic E-state index is 0.00814. The van der Waals surface area contributed by atoms with Gasteiger partial charge in [0.2, 0.25) is 23.6 Å². The summed E-state index contributed by atoms with van der Waals surface area (Å²) >= 11 is 0. The molecule has 5 aromatic heterocycles. The van der Waals surface area contributed by atoms with Crippen LogP contribution in [0.15, 0.2) is 113 Å². The zero-order valence-electron chi connectivity index (χ0n) is 82.1. The number of rotatable bonds is 29. The first-order chi connectivity index (χ1) is 67.6. The molecule has 39 nitrogen and oxygen atoms in total. The predicted octanol–water partition coefficient (Wildman–Crippen LogP) is 8.36. The number of anilines is 4. The average molecular weight is 1940 g/mol. The maximum Gasteiger partial charge on any atom is 0.410 e. The van der Waals surface area contributed by atoms with E-state index in [4.69, 9.17) is 88.8 Å². The second-order valence-corrected chi connectivity index (χ2v) is 37.9. The van der Waals surface area contributed by atoms with Gasteiger partial charge in [0, 0.05) is 160 Å². The van der Waals surface area contributed by atoms with Crippen LogP contribution in [0.1, 0.15) is 163 Å². The normalized spacial score (nSPS) is 26.6. The molecule has 0 spiro atoms. The number of methoxy groups -OCH3 is 4. The summed E-state index contributed by atoms with van der Waals surface area (Å²) in [6.45, 7) is 18.5. The fourth-order valence-corrected chi connectivity index (χ4v) is 19.9. The van der Waals surface area contributed by atoms with Crippen LogP contribution >= 0.6 is 0 Å². The summed E-state index contributed by atoms with van der Waals surface area (Å²) in [5, 5.41) is 32.5. The van der Waals surface area contributed by atoms with E-state index in [1.807, 2.05) is 90.8 Å². The number of esters is 1. The standard InChI is InChI=1S/C101H138N18O21/c1-61-16-12-11-13-17-62(2)81(129-7)52-74-24-19-66(6)101(128,140-74)91(123)95(125)118-31-15-14-18-78(118)96(126)137-83(53-82(130-8)63(3)47-65(5)89(122)90(132-10)88(121)64(4)46-61)75(102)49-67-21-25-80(84(50-67)131-9)139-100(127)117-33-28-76-73(59-117)56-108-99(112-76)115-36-34-114(35-37-115)98-106-54-72(55-107-98)94(124)105-30-39-134-41-43-136-45-44-135-42-40-133-38-29-85(120)116-32-27-69-48-68(20-22-71(69)58-116)57-119-93-86(92(103)109-60-110-93)87(113-119)70-23-26-79-77(51-70)111-97(104)138-79/h11-13,16-17,20,22-23,26,47-48,51,54-56,60-61,63-64,66-67,74-75,78,80-84,89-90,122,128H,14-15,18-19,21,24-25,27-46,49-50,52-53,57-59,102H2,1-10H3,(H2,104,111)(H,105,124)(H2,103,109,110)/b13-11?,16-12+,62-17?,65-47+/t61-,63-,64-,66-,67+,74+,75-,78+,80-,81+,82-,83+,84-,89-,90+,101-/m1/s1. The van der Waals surface area contributed by atoms with Crippen molar-refractivity contribution in [1.82, 2.24) is 64.7 Å². The van der Waals surface area contributed by atoms with Crippen molar-refractivity contribution in [2.75, 3.05) is 155 Å². The average Bonchev–Trinajstić information content (AvgIpc) is 1.66. The smallest absolute Gasteiger partial charge is 0.410 e. The number of piperazine rings is 1. The number of ether oxygens (including phenoxy) is 11. The third kappa shape index (κ3) is 26.4. The molecule has 9 N–H and O–H groups in total. The number of nitrogens with zero attached hydrogens (tertiary/aromatic N) is 14. The number of nitrogens with one attached hydrogen (secondary N) is 1. The molecule has 0 radical (unpaired) electrons. The summed E-state index contributed by atoms with van der Waals surface area (Å²) in [6, 6.07) is 9.88. The number of aromatic nitrogens is 9. The van der Waals surface area contributed by atoms with E-state index in [0.717, 1.165) is 39.9 Å². The van der Waals surface area contributed by atoms with Gasteiger partial charge in [-0.3, -0.25) is 24.0 Å². The molecule has 140 heavy (non-hydrogen) atoms. The maximum absolute atomic E-state index is 15.0. The number of allylic oxidation sites excluding steroid dienone is 5. The Morgan fingerprint density at radius 2 is 1.39 bits per heavy atom. The van der Waals surface area contributed by atoms with Crippen LogP contribution in [-0.4, -0.2) is 311 Å². The van der Waals surface area contributed by atoms with Gasteiger partial charge in [-0.2, -0.15) is 10.1 Å². The summed E-state index contributed by atoms with van der Waals surface area (Å²) < 4.78 is 73.0. The molecule has 14 rings (SSSR count). The van der Waals surface area contributed by atoms with Gasteiger partial charge in [0.15, 0.2) is 17.0 Å². The van der Waals surface area contributed by atoms with E-state index in [2.05, 4.69) is 53.3 Å². The number of carbonyl (C=O) groups is 7. The summed E-state index contributed by atoms with van der Waals surface area (Å²) in [5.74, 6) is -6.40. The van der Waals surface area contributed by atoms with E-state index in [9.17, 15) is 43.8 Å². The molecule has 16 atom stereocenters. The SMILES string of the molecule is CO[C@H]1C[C@@H]2CC[C@@H](C)[C@@](O)(O2)C(=O)C(=O)N2CCCC[C@H]2C(=O)O[C@H]([C@H](N)C[C@@H]2CC[C@@H](OC(=O)N3CCc4nc(N5CCN(c6ncc(C(=O)NCCOCCOCCOCCOCCC(=O)N7CCc8cc(Cn9nc(-c%10ccc%11oc(N)nc%11c%10)c%10c(N)ncnc%109)ccc8C7)cn6)CC5)ncc4C3)[C@H](OC)C2)C[C@@H](OC)[C@H](C)/C=C(\C)[C@@H](O)[C@@H](OC)C(=O)[C@H](C)C[C@H](C)/C=C/C=CC=C1C. The highest BCUT2D eigenvalue weighted by atomic mass is 16.6. The van der Waals surface area contributed by atoms with Crippen LogP contribution in [0.3, 0.4) is 0 Å². The molecule has 2 aromatic carbocycles. The van der Waals surface area contributed by atoms with Crippen molar-refractivity contribution in [2.24, 2.45) is 35.3 Å². The highest BCUT2D eigenvalue weighted by Gasteiger charge is 2.54. The fourth-order valence-electron chi connectivity index (χ4n) is 19.9. The molecule has 39 heteroatoms. The van der Waals surface area contributed by atoms with Gasteiger partial charge in [-0.1, -0.05) is 82.4 Å². The van der Waals surface area contributed by atoms with Crippen molar-refractivity contribution in [3.8, 4) is 11.3 Å². The number of nitrogen functional groups attached to an aromatic ring is 2. The Morgan fingerprint density at radius 1 is 0.671 bits per heavy atom. The monoisotopic (exact) mass is 1940 g/mol. The summed E-state index contributed by atoms with van der Waals surface area (Å²) in [7, 11) is 6.09. The maximum atomic E-state index is 15.0. The molecule has 2 bridgehead atoms. The van der Waals surface area contributed by atoms with Crippen LogP contribution in [0.4, 0.5) is 28.5 Å². The molecule has 3 saturated heterocycles. The Bertz CT molecular complexity index is 5530. The van der Waals surface area contributed by atoms with Crippen molar-refractivity contribution >= 4 is 87.2 Å². The second-order valence-electron chi connectivity index (χ2n) is 37.9. The molecule has 6 aliphatic heterocycles. The lowest BCUT2D eigenvalue weighted by Crippen LogP contribution is -2.61. The lowest BCUT2D eigenvalue weighted by atomic mass is 9.80. The topological polar surface area (TPSA) is 489 Å². The van der Waals surface area contributed by atoms with Gasteiger partial charge in [0.1, 0.15) is 53.8 Å². The third-order valence-electron chi connectivity index (χ3n) is 28.1. The van der Waals surface area contributed by atoms with Crippen molar-refractivity contribution in [3.63, 3.8) is 0 Å². The number of aliphatic hydroxyl groups is 2. The Hall–Kier alpha value is -11.2. The van der Waals surface area contributed by atoms with Crippen LogP contribution < -0.4 is 32.3 Å². The molecule has 4 fully saturated rings. The van der Waals surface area contributed by atoms with E-state index in [1.54, 1.807) is 45.2 Å².